The van der Waals surface area contributed by atoms with Gasteiger partial charge in [0, 0.05) is 20.3 Å². The molecule has 2 heteroatoms. The van der Waals surface area contributed by atoms with Gasteiger partial charge >= 0.3 is 0 Å². The first kappa shape index (κ1) is 9.81. The molecule has 0 heterocycles. The Morgan fingerprint density at radius 2 is 1.85 bits per heavy atom. The van der Waals surface area contributed by atoms with E-state index < -0.39 is 0 Å². The Hall–Kier alpha value is -1.28. The van der Waals surface area contributed by atoms with Crippen molar-refractivity contribution in [2.75, 3.05) is 14.1 Å². The molecule has 0 fully saturated rings. The average Bonchev–Trinajstić information content (AvgIpc) is 2.15. The van der Waals surface area contributed by atoms with E-state index in [4.69, 9.17) is 0 Å². The second-order valence-corrected chi connectivity index (χ2v) is 3.11. The summed E-state index contributed by atoms with van der Waals surface area (Å²) in [5.41, 5.74) is 1.29. The number of hydrogen-bond acceptors (Lipinski definition) is 2. The molecule has 1 aromatic carbocycles. The molecule has 0 aromatic heterocycles. The zero-order valence-corrected chi connectivity index (χ0v) is 8.27. The smallest absolute Gasteiger partial charge is 0.0590 e. The predicted molar refractivity (Wildman–Crippen MR) is 55.9 cm³/mol. The van der Waals surface area contributed by atoms with Crippen molar-refractivity contribution in [2.24, 2.45) is 0 Å². The Balaban J connectivity index is 2.62. The van der Waals surface area contributed by atoms with Gasteiger partial charge < -0.3 is 5.01 Å². The van der Waals surface area contributed by atoms with Crippen LogP contribution in [0.2, 0.25) is 0 Å². The van der Waals surface area contributed by atoms with E-state index in [-0.39, 0.29) is 0 Å². The molecule has 0 amide bonds. The maximum atomic E-state index is 3.76. The summed E-state index contributed by atoms with van der Waals surface area (Å²) >= 11 is 0. The first-order valence-electron chi connectivity index (χ1n) is 4.34. The summed E-state index contributed by atoms with van der Waals surface area (Å²) in [7, 11) is 4.01. The van der Waals surface area contributed by atoms with E-state index >= 15 is 0 Å². The summed E-state index contributed by atoms with van der Waals surface area (Å²) in [5.74, 6) is 0. The minimum absolute atomic E-state index is 0.872. The SMILES string of the molecule is C=CN(Cc1ccccc1)N(C)C. The number of hydrazine groups is 1. The Morgan fingerprint density at radius 1 is 1.23 bits per heavy atom. The average molecular weight is 176 g/mol. The molecular weight excluding hydrogens is 160 g/mol. The summed E-state index contributed by atoms with van der Waals surface area (Å²) in [5, 5.41) is 4.06. The minimum atomic E-state index is 0.872. The third-order valence-electron chi connectivity index (χ3n) is 1.91. The molecular formula is C11H16N2. The summed E-state index contributed by atoms with van der Waals surface area (Å²) in [6.07, 6.45) is 1.83. The van der Waals surface area contributed by atoms with Gasteiger partial charge in [-0.3, -0.25) is 0 Å². The molecule has 0 aliphatic carbocycles. The van der Waals surface area contributed by atoms with E-state index in [0.717, 1.165) is 6.54 Å². The van der Waals surface area contributed by atoms with Crippen molar-refractivity contribution in [1.82, 2.24) is 10.0 Å². The van der Waals surface area contributed by atoms with Crippen molar-refractivity contribution >= 4 is 0 Å². The van der Waals surface area contributed by atoms with Gasteiger partial charge in [-0.1, -0.05) is 36.9 Å². The van der Waals surface area contributed by atoms with Crippen LogP contribution in [-0.4, -0.2) is 24.1 Å². The van der Waals surface area contributed by atoms with Gasteiger partial charge in [0.05, 0.1) is 6.54 Å². The van der Waals surface area contributed by atoms with Gasteiger partial charge in [-0.15, -0.1) is 0 Å². The third kappa shape index (κ3) is 2.92. The van der Waals surface area contributed by atoms with Crippen LogP contribution in [0, 0.1) is 0 Å². The molecule has 0 unspecified atom stereocenters. The third-order valence-corrected chi connectivity index (χ3v) is 1.91. The van der Waals surface area contributed by atoms with E-state index in [1.165, 1.54) is 5.56 Å². The molecule has 2 nitrogen and oxygen atoms in total. The summed E-state index contributed by atoms with van der Waals surface area (Å²) in [4.78, 5) is 0. The van der Waals surface area contributed by atoms with E-state index in [1.54, 1.807) is 0 Å². The van der Waals surface area contributed by atoms with E-state index in [1.807, 2.05) is 43.5 Å². The highest BCUT2D eigenvalue weighted by molar-refractivity contribution is 5.14. The van der Waals surface area contributed by atoms with Crippen LogP contribution in [-0.2, 0) is 6.54 Å². The molecule has 0 saturated heterocycles. The lowest BCUT2D eigenvalue weighted by molar-refractivity contribution is 0.0746. The first-order valence-corrected chi connectivity index (χ1v) is 4.34. The lowest BCUT2D eigenvalue weighted by atomic mass is 10.2. The molecule has 0 spiro atoms. The Bertz CT molecular complexity index is 254. The van der Waals surface area contributed by atoms with Crippen LogP contribution in [0.15, 0.2) is 43.1 Å². The highest BCUT2D eigenvalue weighted by atomic mass is 15.6. The highest BCUT2D eigenvalue weighted by Gasteiger charge is 2.00. The molecule has 1 rings (SSSR count). The van der Waals surface area contributed by atoms with Gasteiger partial charge in [0.15, 0.2) is 0 Å². The molecule has 0 saturated carbocycles. The molecule has 0 atom stereocenters. The molecule has 1 aromatic rings. The van der Waals surface area contributed by atoms with Crippen molar-refractivity contribution < 1.29 is 0 Å². The van der Waals surface area contributed by atoms with Gasteiger partial charge in [0.2, 0.25) is 0 Å². The van der Waals surface area contributed by atoms with Gasteiger partial charge in [-0.05, 0) is 5.56 Å². The molecule has 13 heavy (non-hydrogen) atoms. The monoisotopic (exact) mass is 176 g/mol. The summed E-state index contributed by atoms with van der Waals surface area (Å²) in [6.45, 7) is 4.64. The van der Waals surface area contributed by atoms with Crippen LogP contribution in [0.3, 0.4) is 0 Å². The van der Waals surface area contributed by atoms with Gasteiger partial charge in [0.1, 0.15) is 0 Å². The Morgan fingerprint density at radius 3 is 2.31 bits per heavy atom. The predicted octanol–water partition coefficient (Wildman–Crippen LogP) is 2.11. The molecule has 70 valence electrons. The molecule has 0 radical (unpaired) electrons. The van der Waals surface area contributed by atoms with Gasteiger partial charge in [-0.25, -0.2) is 5.01 Å². The number of nitrogens with zero attached hydrogens (tertiary/aromatic N) is 2. The molecule has 0 N–H and O–H groups in total. The molecule has 0 aliphatic rings. The minimum Gasteiger partial charge on any atom is -0.310 e. The quantitative estimate of drug-likeness (QED) is 0.648. The lowest BCUT2D eigenvalue weighted by Gasteiger charge is -2.26. The van der Waals surface area contributed by atoms with Crippen LogP contribution in [0.1, 0.15) is 5.56 Å². The van der Waals surface area contributed by atoms with Crippen molar-refractivity contribution in [3.05, 3.63) is 48.7 Å². The van der Waals surface area contributed by atoms with Crippen LogP contribution in [0.5, 0.6) is 0 Å². The number of rotatable bonds is 4. The van der Waals surface area contributed by atoms with E-state index in [9.17, 15) is 0 Å². The Kier molecular flexibility index (Phi) is 3.53. The van der Waals surface area contributed by atoms with Crippen LogP contribution < -0.4 is 0 Å². The summed E-state index contributed by atoms with van der Waals surface area (Å²) in [6, 6.07) is 10.3. The second kappa shape index (κ2) is 4.67. The topological polar surface area (TPSA) is 6.48 Å². The Labute approximate surface area is 80.1 Å². The van der Waals surface area contributed by atoms with Crippen LogP contribution in [0.4, 0.5) is 0 Å². The fourth-order valence-corrected chi connectivity index (χ4v) is 1.14. The van der Waals surface area contributed by atoms with Crippen molar-refractivity contribution in [2.45, 2.75) is 6.54 Å². The maximum absolute atomic E-state index is 3.76. The largest absolute Gasteiger partial charge is 0.310 e. The highest BCUT2D eigenvalue weighted by Crippen LogP contribution is 2.04. The normalized spacial score (nSPS) is 10.1. The zero-order chi connectivity index (χ0) is 9.68. The lowest BCUT2D eigenvalue weighted by Crippen LogP contribution is -2.31. The van der Waals surface area contributed by atoms with Crippen LogP contribution in [0.25, 0.3) is 0 Å². The molecule has 0 bridgehead atoms. The summed E-state index contributed by atoms with van der Waals surface area (Å²) < 4.78 is 0. The fourth-order valence-electron chi connectivity index (χ4n) is 1.14. The molecule has 0 aliphatic heterocycles. The van der Waals surface area contributed by atoms with Gasteiger partial charge in [0.25, 0.3) is 0 Å². The van der Waals surface area contributed by atoms with Crippen molar-refractivity contribution in [1.29, 1.82) is 0 Å². The van der Waals surface area contributed by atoms with E-state index in [2.05, 4.69) is 23.7 Å². The van der Waals surface area contributed by atoms with Crippen LogP contribution >= 0.6 is 0 Å². The standard InChI is InChI=1S/C11H16N2/c1-4-13(12(2)3)10-11-8-6-5-7-9-11/h4-9H,1,10H2,2-3H3. The van der Waals surface area contributed by atoms with Crippen molar-refractivity contribution in [3.8, 4) is 0 Å². The zero-order valence-electron chi connectivity index (χ0n) is 8.27. The number of hydrogen-bond donors (Lipinski definition) is 0. The van der Waals surface area contributed by atoms with E-state index in [0.29, 0.717) is 0 Å². The first-order chi connectivity index (χ1) is 6.24. The fraction of sp³-hybridized carbons (Fsp3) is 0.273. The second-order valence-electron chi connectivity index (χ2n) is 3.11. The van der Waals surface area contributed by atoms with Crippen molar-refractivity contribution in [3.63, 3.8) is 0 Å². The van der Waals surface area contributed by atoms with Gasteiger partial charge in [-0.2, -0.15) is 0 Å². The number of benzene rings is 1. The maximum Gasteiger partial charge on any atom is 0.0590 e.